The maximum Gasteiger partial charge on any atom is 0.316 e. The summed E-state index contributed by atoms with van der Waals surface area (Å²) in [5, 5.41) is 167. The molecule has 0 bridgehead atoms. The number of esters is 1. The lowest BCUT2D eigenvalue weighted by molar-refractivity contribution is -0.394. The van der Waals surface area contributed by atoms with E-state index in [0.29, 0.717) is 50.9 Å². The van der Waals surface area contributed by atoms with Gasteiger partial charge in [0.05, 0.1) is 50.8 Å². The molecule has 6 heterocycles. The van der Waals surface area contributed by atoms with Crippen molar-refractivity contribution >= 4 is 5.97 Å². The number of carbonyl (C=O) groups excluding carboxylic acids is 1. The number of fused-ring (bicyclic) bond motifs is 4. The normalized spacial score (nSPS) is 53.1. The third-order valence-electron chi connectivity index (χ3n) is 22.7. The Balaban J connectivity index is 0.873. The lowest BCUT2D eigenvalue weighted by Gasteiger charge is -2.64. The molecule has 6 saturated heterocycles. The van der Waals surface area contributed by atoms with E-state index in [1.54, 1.807) is 0 Å². The van der Waals surface area contributed by atoms with Crippen molar-refractivity contribution in [2.45, 2.75) is 278 Å². The van der Waals surface area contributed by atoms with Crippen LogP contribution in [-0.4, -0.2) is 287 Å². The summed E-state index contributed by atoms with van der Waals surface area (Å²) < 4.78 is 72.2. The van der Waals surface area contributed by atoms with Crippen LogP contribution in [0.5, 0.6) is 0 Å². The molecule has 34 atom stereocenters. The van der Waals surface area contributed by atoms with Gasteiger partial charge in [0.2, 0.25) is 0 Å². The summed E-state index contributed by atoms with van der Waals surface area (Å²) in [6, 6.07) is 0. The Morgan fingerprint density at radius 3 is 1.74 bits per heavy atom. The first-order valence-corrected chi connectivity index (χ1v) is 31.4. The molecule has 10 aliphatic rings. The largest absolute Gasteiger partial charge is 0.456 e. The molecule has 10 rings (SSSR count). The number of allylic oxidation sites excluding steroid dienone is 1. The van der Waals surface area contributed by atoms with Crippen molar-refractivity contribution in [2.24, 2.45) is 45.3 Å². The van der Waals surface area contributed by atoms with Crippen LogP contribution in [0.25, 0.3) is 0 Å². The highest BCUT2D eigenvalue weighted by Crippen LogP contribution is 2.76. The highest BCUT2D eigenvalue weighted by atomic mass is 16.8. The van der Waals surface area contributed by atoms with Crippen LogP contribution < -0.4 is 0 Å². The molecule has 1 unspecified atom stereocenters. The van der Waals surface area contributed by atoms with Crippen LogP contribution >= 0.6 is 0 Å². The maximum absolute atomic E-state index is 14.6. The van der Waals surface area contributed by atoms with Crippen molar-refractivity contribution in [3.63, 3.8) is 0 Å². The molecule has 0 aromatic carbocycles. The average Bonchev–Trinajstić information content (AvgIpc) is 1.44. The molecule has 0 aromatic heterocycles. The molecule has 0 amide bonds. The van der Waals surface area contributed by atoms with Gasteiger partial charge in [0.15, 0.2) is 31.5 Å². The Labute approximate surface area is 511 Å². The number of ether oxygens (including phenoxy) is 12. The lowest BCUT2D eigenvalue weighted by atomic mass is 9.40. The van der Waals surface area contributed by atoms with Gasteiger partial charge in [-0.25, -0.2) is 0 Å². The van der Waals surface area contributed by atoms with Crippen LogP contribution in [0, 0.1) is 45.3 Å². The molecule has 506 valence electrons. The second-order valence-corrected chi connectivity index (χ2v) is 28.3. The number of cyclic esters (lactones) is 1. The summed E-state index contributed by atoms with van der Waals surface area (Å²) in [4.78, 5) is 14.6. The SMILES string of the molecule is CO[C@@H]1[C@@H](O)[C@H](O[C@@H]2[C@@H](O)[C@H](O[C@H]3[C@H](O)[C@@H](O)[C@H](O[C@H]4[C@H](O[C@H]5CC[C@]6(C)C7=C[C@H](O)[C@]89C(=O)O[C@@](C)(C(O)CCC(C)C)[C@H]8CC[C@@]9(C)[C@@H]7CC[C@H]6C5(C)C)OC[C@@H](O[C@@H]5O[C@H](CO)[C@@H](O)[C@H](O)[C@H]5O)[C@@H]4O)O[C@@H]3C)O[C@H](CO)[C@H]2O)O[C@H](CO)[C@H]1O. The Hall–Kier alpha value is -1.83. The van der Waals surface area contributed by atoms with Crippen molar-refractivity contribution in [3.8, 4) is 0 Å². The first-order chi connectivity index (χ1) is 41.4. The van der Waals surface area contributed by atoms with Gasteiger partial charge in [-0.1, -0.05) is 53.2 Å². The molecule has 6 aliphatic heterocycles. The summed E-state index contributed by atoms with van der Waals surface area (Å²) in [6.45, 7) is 13.1. The number of hydrogen-bond acceptors (Lipinski definition) is 28. The van der Waals surface area contributed by atoms with E-state index in [4.69, 9.17) is 56.8 Å². The van der Waals surface area contributed by atoms with Crippen LogP contribution in [0.1, 0.15) is 107 Å². The highest BCUT2D eigenvalue weighted by Gasteiger charge is 2.80. The van der Waals surface area contributed by atoms with E-state index in [1.807, 2.05) is 13.0 Å². The fraction of sp³-hybridized carbons (Fsp3) is 0.950. The quantitative estimate of drug-likeness (QED) is 0.0359. The van der Waals surface area contributed by atoms with Crippen molar-refractivity contribution < 1.29 is 138 Å². The van der Waals surface area contributed by atoms with Crippen LogP contribution in [0.15, 0.2) is 11.6 Å². The smallest absolute Gasteiger partial charge is 0.316 e. The van der Waals surface area contributed by atoms with Crippen LogP contribution in [-0.2, 0) is 61.6 Å². The first-order valence-electron chi connectivity index (χ1n) is 31.4. The molecule has 3 saturated carbocycles. The Morgan fingerprint density at radius 1 is 0.568 bits per heavy atom. The summed E-state index contributed by atoms with van der Waals surface area (Å²) in [5.41, 5.74) is -3.22. The van der Waals surface area contributed by atoms with Gasteiger partial charge in [-0.2, -0.15) is 0 Å². The fourth-order valence-electron chi connectivity index (χ4n) is 17.6. The van der Waals surface area contributed by atoms with E-state index < -0.39 is 231 Å². The summed E-state index contributed by atoms with van der Waals surface area (Å²) >= 11 is 0. The third kappa shape index (κ3) is 11.3. The van der Waals surface area contributed by atoms with Gasteiger partial charge in [-0.3, -0.25) is 4.79 Å². The van der Waals surface area contributed by atoms with Crippen molar-refractivity contribution in [1.82, 2.24) is 0 Å². The summed E-state index contributed by atoms with van der Waals surface area (Å²) in [5.74, 6) is -0.715. The highest BCUT2D eigenvalue weighted by molar-refractivity contribution is 5.84. The molecule has 28 nitrogen and oxygen atoms in total. The topological polar surface area (TPSA) is 431 Å². The lowest BCUT2D eigenvalue weighted by Crippen LogP contribution is -2.67. The van der Waals surface area contributed by atoms with E-state index in [2.05, 4.69) is 41.5 Å². The minimum absolute atomic E-state index is 0.0826. The average molecular weight is 1270 g/mol. The minimum Gasteiger partial charge on any atom is -0.456 e. The van der Waals surface area contributed by atoms with E-state index in [9.17, 15) is 81.4 Å². The van der Waals surface area contributed by atoms with E-state index in [0.717, 1.165) is 12.0 Å². The number of hydrogen-bond donors (Lipinski definition) is 15. The maximum atomic E-state index is 14.6. The molecular formula is C60H98O28. The molecular weight excluding hydrogens is 1170 g/mol. The van der Waals surface area contributed by atoms with Crippen molar-refractivity contribution in [1.29, 1.82) is 0 Å². The first kappa shape index (κ1) is 69.0. The Kier molecular flexibility index (Phi) is 20.4. The van der Waals surface area contributed by atoms with Gasteiger partial charge < -0.3 is 133 Å². The van der Waals surface area contributed by atoms with E-state index in [1.165, 1.54) is 14.0 Å². The molecule has 15 N–H and O–H groups in total. The number of carbonyl (C=O) groups is 1. The third-order valence-corrected chi connectivity index (χ3v) is 22.7. The Morgan fingerprint density at radius 2 is 1.12 bits per heavy atom. The molecule has 1 spiro atoms. The molecule has 0 radical (unpaired) electrons. The monoisotopic (exact) mass is 1270 g/mol. The van der Waals surface area contributed by atoms with Crippen LogP contribution in [0.4, 0.5) is 0 Å². The number of aliphatic hydroxyl groups is 15. The van der Waals surface area contributed by atoms with Gasteiger partial charge in [0.1, 0.15) is 121 Å². The fourth-order valence-corrected chi connectivity index (χ4v) is 17.6. The second-order valence-electron chi connectivity index (χ2n) is 28.3. The van der Waals surface area contributed by atoms with E-state index in [-0.39, 0.29) is 11.8 Å². The standard InChI is InChI=1S/C60H98O28/c1-23(2)10-13-33(64)59(8)32-14-17-58(7)25-11-12-31-56(4,5)35(15-16-57(31,6)26(25)18-34(65)60(32,58)55(76)88-59)84-54-49(39(69)30(22-78-54)83-51-42(72)40(70)36(66)27(19-61)80-51)87-50-43(73)41(71)46(24(3)79-50)85-53-45(75)48(38(68)29(21-63)82-53)86-52-44(74)47(77-9)37(67)28(20-62)81-52/h18,23-25,27-54,61-75H,10-17,19-22H2,1-9H3/t24-,25-,27-,28-,29-,30-,31+,32-,33?,34+,35+,36-,37-,38-,39+,40+,41-,42-,43-,44-,45-,46-,47+,48+,49-,50+,51+,52+,53+,54+,57-,58+,59-,60+/m1/s1. The molecule has 9 fully saturated rings. The molecule has 28 heteroatoms. The number of rotatable bonds is 18. The summed E-state index contributed by atoms with van der Waals surface area (Å²) in [7, 11) is 1.19. The van der Waals surface area contributed by atoms with Crippen molar-refractivity contribution in [2.75, 3.05) is 33.5 Å². The van der Waals surface area contributed by atoms with Gasteiger partial charge in [0.25, 0.3) is 0 Å². The van der Waals surface area contributed by atoms with Gasteiger partial charge in [0, 0.05) is 13.0 Å². The van der Waals surface area contributed by atoms with E-state index >= 15 is 0 Å². The zero-order valence-electron chi connectivity index (χ0n) is 51.5. The Bertz CT molecular complexity index is 2420. The summed E-state index contributed by atoms with van der Waals surface area (Å²) in [6.07, 6.45) is -36.1. The molecule has 0 aromatic rings. The van der Waals surface area contributed by atoms with Crippen LogP contribution in [0.3, 0.4) is 0 Å². The minimum atomic E-state index is -2.03. The van der Waals surface area contributed by atoms with Crippen molar-refractivity contribution in [3.05, 3.63) is 11.6 Å². The van der Waals surface area contributed by atoms with Gasteiger partial charge in [-0.15, -0.1) is 0 Å². The number of methoxy groups -OCH3 is 1. The zero-order chi connectivity index (χ0) is 64.2. The molecule has 4 aliphatic carbocycles. The predicted molar refractivity (Wildman–Crippen MR) is 296 cm³/mol. The zero-order valence-corrected chi connectivity index (χ0v) is 51.5. The van der Waals surface area contributed by atoms with Gasteiger partial charge in [-0.05, 0) is 99.2 Å². The number of aliphatic hydroxyl groups excluding tert-OH is 15. The molecule has 88 heavy (non-hydrogen) atoms. The second kappa shape index (κ2) is 26.1. The van der Waals surface area contributed by atoms with Gasteiger partial charge >= 0.3 is 5.97 Å². The van der Waals surface area contributed by atoms with Crippen LogP contribution in [0.2, 0.25) is 0 Å². The predicted octanol–water partition coefficient (Wildman–Crippen LogP) is -3.54.